The molecular weight excluding hydrogens is 320 g/mol. The van der Waals surface area contributed by atoms with Crippen LogP contribution < -0.4 is 16.0 Å². The number of rotatable bonds is 4. The molecule has 1 amide bonds. The normalized spacial score (nSPS) is 10.9. The van der Waals surface area contributed by atoms with Crippen molar-refractivity contribution in [3.8, 4) is 17.0 Å². The third-order valence-electron chi connectivity index (χ3n) is 3.31. The van der Waals surface area contributed by atoms with Gasteiger partial charge >= 0.3 is 0 Å². The SMILES string of the molecule is CCOc1cc(-c2cc(=O)n3ncc(C(N)=O)c3[nH]2)ccc1Cl. The smallest absolute Gasteiger partial charge is 0.274 e. The average Bonchev–Trinajstić information content (AvgIpc) is 2.94. The molecule has 0 saturated heterocycles. The molecule has 0 fully saturated rings. The van der Waals surface area contributed by atoms with Crippen LogP contribution in [-0.2, 0) is 0 Å². The Morgan fingerprint density at radius 3 is 2.91 bits per heavy atom. The van der Waals surface area contributed by atoms with Crippen molar-refractivity contribution in [1.29, 1.82) is 0 Å². The van der Waals surface area contributed by atoms with Crippen molar-refractivity contribution in [2.75, 3.05) is 6.61 Å². The second-order valence-corrected chi connectivity index (χ2v) is 5.19. The molecule has 0 unspecified atom stereocenters. The molecule has 8 heteroatoms. The summed E-state index contributed by atoms with van der Waals surface area (Å²) in [5, 5.41) is 4.33. The van der Waals surface area contributed by atoms with Crippen LogP contribution in [0.4, 0.5) is 0 Å². The lowest BCUT2D eigenvalue weighted by atomic mass is 10.1. The van der Waals surface area contributed by atoms with Gasteiger partial charge in [-0.2, -0.15) is 9.61 Å². The summed E-state index contributed by atoms with van der Waals surface area (Å²) in [6.45, 7) is 2.32. The zero-order chi connectivity index (χ0) is 16.6. The highest BCUT2D eigenvalue weighted by molar-refractivity contribution is 6.32. The van der Waals surface area contributed by atoms with E-state index in [4.69, 9.17) is 22.1 Å². The van der Waals surface area contributed by atoms with Crippen molar-refractivity contribution in [1.82, 2.24) is 14.6 Å². The molecule has 3 N–H and O–H groups in total. The van der Waals surface area contributed by atoms with E-state index in [9.17, 15) is 9.59 Å². The molecular formula is C15H13ClN4O3. The van der Waals surface area contributed by atoms with Gasteiger partial charge in [-0.05, 0) is 19.1 Å². The van der Waals surface area contributed by atoms with E-state index in [1.165, 1.54) is 12.3 Å². The van der Waals surface area contributed by atoms with Gasteiger partial charge in [0.1, 0.15) is 11.3 Å². The maximum atomic E-state index is 12.2. The second-order valence-electron chi connectivity index (χ2n) is 4.78. The lowest BCUT2D eigenvalue weighted by Gasteiger charge is -2.09. The van der Waals surface area contributed by atoms with Crippen LogP contribution in [0.1, 0.15) is 17.3 Å². The fourth-order valence-corrected chi connectivity index (χ4v) is 2.43. The highest BCUT2D eigenvalue weighted by atomic mass is 35.5. The molecule has 2 aromatic heterocycles. The van der Waals surface area contributed by atoms with Gasteiger partial charge in [0.15, 0.2) is 5.65 Å². The molecule has 3 rings (SSSR count). The van der Waals surface area contributed by atoms with E-state index in [1.54, 1.807) is 18.2 Å². The third kappa shape index (κ3) is 2.66. The molecule has 0 atom stereocenters. The van der Waals surface area contributed by atoms with Crippen molar-refractivity contribution in [3.63, 3.8) is 0 Å². The molecule has 0 saturated carbocycles. The van der Waals surface area contributed by atoms with Crippen LogP contribution in [-0.4, -0.2) is 27.1 Å². The number of primary amides is 1. The predicted molar refractivity (Wildman–Crippen MR) is 85.9 cm³/mol. The first-order valence-electron chi connectivity index (χ1n) is 6.85. The Bertz CT molecular complexity index is 961. The van der Waals surface area contributed by atoms with E-state index in [0.29, 0.717) is 28.6 Å². The monoisotopic (exact) mass is 332 g/mol. The van der Waals surface area contributed by atoms with Crippen LogP contribution in [0.2, 0.25) is 5.02 Å². The molecule has 0 aliphatic heterocycles. The molecule has 118 valence electrons. The van der Waals surface area contributed by atoms with Gasteiger partial charge in [-0.1, -0.05) is 17.7 Å². The summed E-state index contributed by atoms with van der Waals surface area (Å²) in [5.74, 6) is -0.157. The fraction of sp³-hybridized carbons (Fsp3) is 0.133. The number of hydrogen-bond acceptors (Lipinski definition) is 4. The number of carbonyl (C=O) groups is 1. The predicted octanol–water partition coefficient (Wildman–Crippen LogP) is 1.84. The number of ether oxygens (including phenoxy) is 1. The number of halogens is 1. The number of benzene rings is 1. The molecule has 7 nitrogen and oxygen atoms in total. The van der Waals surface area contributed by atoms with Crippen LogP contribution >= 0.6 is 11.6 Å². The molecule has 2 heterocycles. The van der Waals surface area contributed by atoms with Gasteiger partial charge in [0, 0.05) is 11.6 Å². The number of amides is 1. The number of nitrogens with one attached hydrogen (secondary N) is 1. The summed E-state index contributed by atoms with van der Waals surface area (Å²) in [6, 6.07) is 6.51. The van der Waals surface area contributed by atoms with Crippen molar-refractivity contribution < 1.29 is 9.53 Å². The molecule has 0 bridgehead atoms. The average molecular weight is 333 g/mol. The van der Waals surface area contributed by atoms with E-state index in [2.05, 4.69) is 10.1 Å². The second kappa shape index (κ2) is 5.77. The molecule has 23 heavy (non-hydrogen) atoms. The first-order chi connectivity index (χ1) is 11.0. The lowest BCUT2D eigenvalue weighted by Crippen LogP contribution is -2.16. The summed E-state index contributed by atoms with van der Waals surface area (Å²) in [6.07, 6.45) is 1.26. The quantitative estimate of drug-likeness (QED) is 0.760. The summed E-state index contributed by atoms with van der Waals surface area (Å²) >= 11 is 6.07. The largest absolute Gasteiger partial charge is 0.492 e. The van der Waals surface area contributed by atoms with Gasteiger partial charge in [0.2, 0.25) is 0 Å². The van der Waals surface area contributed by atoms with Crippen molar-refractivity contribution in [2.45, 2.75) is 6.92 Å². The zero-order valence-corrected chi connectivity index (χ0v) is 12.9. The zero-order valence-electron chi connectivity index (χ0n) is 12.2. The molecule has 3 aromatic rings. The van der Waals surface area contributed by atoms with Gasteiger partial charge in [-0.3, -0.25) is 9.59 Å². The maximum Gasteiger partial charge on any atom is 0.274 e. The Balaban J connectivity index is 2.20. The van der Waals surface area contributed by atoms with Crippen LogP contribution in [0.3, 0.4) is 0 Å². The summed E-state index contributed by atoms with van der Waals surface area (Å²) < 4.78 is 6.53. The molecule has 0 aliphatic carbocycles. The fourth-order valence-electron chi connectivity index (χ4n) is 2.26. The van der Waals surface area contributed by atoms with Crippen LogP contribution in [0.25, 0.3) is 16.9 Å². The van der Waals surface area contributed by atoms with Crippen molar-refractivity contribution in [3.05, 3.63) is 51.4 Å². The van der Waals surface area contributed by atoms with Crippen molar-refractivity contribution in [2.24, 2.45) is 5.73 Å². The standard InChI is InChI=1S/C15H13ClN4O3/c1-2-23-12-5-8(3-4-10(12)16)11-6-13(21)20-15(19-11)9(7-18-20)14(17)22/h3-7,19H,2H2,1H3,(H2,17,22). The number of aromatic nitrogens is 3. The highest BCUT2D eigenvalue weighted by Gasteiger charge is 2.14. The molecule has 0 aliphatic rings. The van der Waals surface area contributed by atoms with Crippen LogP contribution in [0.15, 0.2) is 35.3 Å². The summed E-state index contributed by atoms with van der Waals surface area (Å²) in [7, 11) is 0. The number of aromatic amines is 1. The Kier molecular flexibility index (Phi) is 3.79. The Hall–Kier alpha value is -2.80. The molecule has 0 radical (unpaired) electrons. The number of nitrogens with zero attached hydrogens (tertiary/aromatic N) is 2. The maximum absolute atomic E-state index is 12.2. The van der Waals surface area contributed by atoms with Crippen LogP contribution in [0.5, 0.6) is 5.75 Å². The number of nitrogens with two attached hydrogens (primary N) is 1. The van der Waals surface area contributed by atoms with Crippen LogP contribution in [0, 0.1) is 0 Å². The number of hydrogen-bond donors (Lipinski definition) is 2. The van der Waals surface area contributed by atoms with E-state index in [-0.39, 0.29) is 16.8 Å². The van der Waals surface area contributed by atoms with Crippen molar-refractivity contribution >= 4 is 23.2 Å². The van der Waals surface area contributed by atoms with Gasteiger partial charge in [0.05, 0.1) is 23.5 Å². The van der Waals surface area contributed by atoms with Gasteiger partial charge in [0.25, 0.3) is 11.5 Å². The summed E-state index contributed by atoms with van der Waals surface area (Å²) in [4.78, 5) is 26.6. The summed E-state index contributed by atoms with van der Waals surface area (Å²) in [5.41, 5.74) is 6.49. The Morgan fingerprint density at radius 1 is 1.43 bits per heavy atom. The highest BCUT2D eigenvalue weighted by Crippen LogP contribution is 2.29. The first kappa shape index (κ1) is 15.1. The molecule has 0 spiro atoms. The minimum Gasteiger partial charge on any atom is -0.492 e. The number of fused-ring (bicyclic) bond motifs is 1. The van der Waals surface area contributed by atoms with Gasteiger partial charge in [-0.15, -0.1) is 0 Å². The Morgan fingerprint density at radius 2 is 2.22 bits per heavy atom. The topological polar surface area (TPSA) is 102 Å². The molecule has 1 aromatic carbocycles. The number of carbonyl (C=O) groups excluding carboxylic acids is 1. The lowest BCUT2D eigenvalue weighted by molar-refractivity contribution is 0.100. The first-order valence-corrected chi connectivity index (χ1v) is 7.22. The number of H-pyrrole nitrogens is 1. The minimum absolute atomic E-state index is 0.142. The van der Waals surface area contributed by atoms with Gasteiger partial charge < -0.3 is 15.5 Å². The van der Waals surface area contributed by atoms with E-state index >= 15 is 0 Å². The minimum atomic E-state index is -0.668. The third-order valence-corrected chi connectivity index (χ3v) is 3.62. The van der Waals surface area contributed by atoms with E-state index in [0.717, 1.165) is 4.52 Å². The van der Waals surface area contributed by atoms with Gasteiger partial charge in [-0.25, -0.2) is 0 Å². The Labute approximate surface area is 135 Å². The van der Waals surface area contributed by atoms with E-state index in [1.807, 2.05) is 6.92 Å². The van der Waals surface area contributed by atoms with E-state index < -0.39 is 5.91 Å².